The van der Waals surface area contributed by atoms with E-state index in [0.717, 1.165) is 5.56 Å². The minimum Gasteiger partial charge on any atom is -0.389 e. The van der Waals surface area contributed by atoms with Crippen LogP contribution in [0.4, 0.5) is 0 Å². The van der Waals surface area contributed by atoms with Crippen molar-refractivity contribution < 1.29 is 4.52 Å². The maximum absolute atomic E-state index is 4.74. The van der Waals surface area contributed by atoms with Crippen molar-refractivity contribution in [3.8, 4) is 0 Å². The van der Waals surface area contributed by atoms with E-state index in [2.05, 4.69) is 9.68 Å². The summed E-state index contributed by atoms with van der Waals surface area (Å²) >= 11 is 4.74. The first-order chi connectivity index (χ1) is 3.30. The summed E-state index contributed by atoms with van der Waals surface area (Å²) in [6, 6.07) is 0. The summed E-state index contributed by atoms with van der Waals surface area (Å²) in [6.45, 7) is 1.89. The molecule has 1 heterocycles. The highest BCUT2D eigenvalue weighted by Gasteiger charge is 1.84. The second-order valence-corrected chi connectivity index (χ2v) is 1.76. The first-order valence-electron chi connectivity index (χ1n) is 1.93. The van der Waals surface area contributed by atoms with Crippen LogP contribution in [-0.2, 0) is 0 Å². The fraction of sp³-hybridized carbons (Fsp3) is 0.250. The average molecular weight is 115 g/mol. The molecule has 0 spiro atoms. The van der Waals surface area contributed by atoms with Gasteiger partial charge in [-0.2, -0.15) is 0 Å². The summed E-state index contributed by atoms with van der Waals surface area (Å²) in [6.07, 6.45) is 1.59. The van der Waals surface area contributed by atoms with Gasteiger partial charge in [0.25, 0.3) is 0 Å². The van der Waals surface area contributed by atoms with Crippen molar-refractivity contribution >= 4 is 12.2 Å². The number of hydrogen-bond donors (Lipinski definition) is 1. The fourth-order valence-electron chi connectivity index (χ4n) is 0.305. The van der Waals surface area contributed by atoms with E-state index < -0.39 is 0 Å². The summed E-state index contributed by atoms with van der Waals surface area (Å²) in [5, 5.41) is 2.51. The van der Waals surface area contributed by atoms with Gasteiger partial charge < -0.3 is 4.52 Å². The third-order valence-electron chi connectivity index (χ3n) is 0.745. The highest BCUT2D eigenvalue weighted by molar-refractivity contribution is 7.71. The van der Waals surface area contributed by atoms with Gasteiger partial charge in [0.2, 0.25) is 0 Å². The molecule has 38 valence electrons. The third-order valence-corrected chi connectivity index (χ3v) is 1.15. The van der Waals surface area contributed by atoms with E-state index >= 15 is 0 Å². The van der Waals surface area contributed by atoms with Crippen LogP contribution in [0.15, 0.2) is 10.8 Å². The molecule has 2 nitrogen and oxygen atoms in total. The van der Waals surface area contributed by atoms with E-state index in [1.807, 2.05) is 6.92 Å². The number of rotatable bonds is 0. The molecule has 0 saturated carbocycles. The molecule has 0 aliphatic rings. The van der Waals surface area contributed by atoms with Crippen molar-refractivity contribution in [3.05, 3.63) is 16.5 Å². The van der Waals surface area contributed by atoms with Crippen molar-refractivity contribution in [1.82, 2.24) is 5.16 Å². The molecule has 0 aliphatic heterocycles. The molecule has 1 aromatic rings. The first-order valence-corrected chi connectivity index (χ1v) is 2.34. The lowest BCUT2D eigenvalue weighted by atomic mass is 10.4. The van der Waals surface area contributed by atoms with Crippen LogP contribution in [-0.4, -0.2) is 5.16 Å². The summed E-state index contributed by atoms with van der Waals surface area (Å²) in [7, 11) is 0. The molecular formula is C4H5NOS. The molecule has 0 aliphatic carbocycles. The Kier molecular flexibility index (Phi) is 0.982. The molecule has 0 amide bonds. The van der Waals surface area contributed by atoms with Crippen molar-refractivity contribution in [2.75, 3.05) is 0 Å². The van der Waals surface area contributed by atoms with Crippen LogP contribution in [0.25, 0.3) is 0 Å². The largest absolute Gasteiger partial charge is 0.389 e. The van der Waals surface area contributed by atoms with Crippen LogP contribution in [0, 0.1) is 11.6 Å². The van der Waals surface area contributed by atoms with Gasteiger partial charge in [-0.15, -0.1) is 0 Å². The number of hydrogen-bond acceptors (Lipinski definition) is 2. The Labute approximate surface area is 46.1 Å². The topological polar surface area (TPSA) is 28.9 Å². The third kappa shape index (κ3) is 0.718. The maximum Gasteiger partial charge on any atom is 0.140 e. The highest BCUT2D eigenvalue weighted by Crippen LogP contribution is 1.94. The lowest BCUT2D eigenvalue weighted by molar-refractivity contribution is 0.417. The molecule has 1 aromatic heterocycles. The average Bonchev–Trinajstić information content (AvgIpc) is 1.91. The summed E-state index contributed by atoms with van der Waals surface area (Å²) in [5.41, 5.74) is 0.981. The van der Waals surface area contributed by atoms with E-state index in [9.17, 15) is 0 Å². The van der Waals surface area contributed by atoms with Crippen LogP contribution in [0.2, 0.25) is 0 Å². The predicted octanol–water partition coefficient (Wildman–Crippen LogP) is 1.65. The highest BCUT2D eigenvalue weighted by atomic mass is 32.1. The number of aromatic amines is 1. The van der Waals surface area contributed by atoms with Gasteiger partial charge in [0.05, 0.1) is 0 Å². The molecule has 1 rings (SSSR count). The normalized spacial score (nSPS) is 9.29. The second-order valence-electron chi connectivity index (χ2n) is 1.35. The van der Waals surface area contributed by atoms with Gasteiger partial charge in [0, 0.05) is 5.56 Å². The van der Waals surface area contributed by atoms with E-state index in [-0.39, 0.29) is 0 Å². The first kappa shape index (κ1) is 4.59. The van der Waals surface area contributed by atoms with Crippen molar-refractivity contribution in [2.45, 2.75) is 6.92 Å². The van der Waals surface area contributed by atoms with Gasteiger partial charge in [0.1, 0.15) is 10.9 Å². The zero-order valence-corrected chi connectivity index (χ0v) is 4.71. The van der Waals surface area contributed by atoms with Gasteiger partial charge in [-0.25, -0.2) is 5.16 Å². The van der Waals surface area contributed by atoms with E-state index in [4.69, 9.17) is 12.2 Å². The van der Waals surface area contributed by atoms with Crippen LogP contribution in [0.3, 0.4) is 0 Å². The molecule has 0 atom stereocenters. The molecule has 0 unspecified atom stereocenters. The molecule has 0 aromatic carbocycles. The monoisotopic (exact) mass is 115 g/mol. The smallest absolute Gasteiger partial charge is 0.140 e. The maximum atomic E-state index is 4.74. The standard InChI is InChI=1S/C4H5NOS/c1-3-2-6-5-4(3)7/h2H,1H3,(H,5,7). The SMILES string of the molecule is Cc1co[nH]c1=S. The molecule has 3 heteroatoms. The molecule has 7 heavy (non-hydrogen) atoms. The zero-order valence-electron chi connectivity index (χ0n) is 3.89. The van der Waals surface area contributed by atoms with Gasteiger partial charge in [-0.05, 0) is 6.92 Å². The minimum atomic E-state index is 0.681. The molecule has 0 radical (unpaired) electrons. The number of aromatic nitrogens is 1. The van der Waals surface area contributed by atoms with Gasteiger partial charge in [-0.1, -0.05) is 12.2 Å². The van der Waals surface area contributed by atoms with Gasteiger partial charge in [-0.3, -0.25) is 0 Å². The van der Waals surface area contributed by atoms with Crippen LogP contribution >= 0.6 is 12.2 Å². The molecule has 0 fully saturated rings. The second kappa shape index (κ2) is 1.50. The van der Waals surface area contributed by atoms with E-state index in [1.54, 1.807) is 6.26 Å². The summed E-state index contributed by atoms with van der Waals surface area (Å²) < 4.78 is 5.30. The molecule has 0 bridgehead atoms. The Bertz CT molecular complexity index is 199. The van der Waals surface area contributed by atoms with Gasteiger partial charge >= 0.3 is 0 Å². The van der Waals surface area contributed by atoms with E-state index in [1.165, 1.54) is 0 Å². The van der Waals surface area contributed by atoms with Crippen LogP contribution in [0.1, 0.15) is 5.56 Å². The molecule has 1 N–H and O–H groups in total. The van der Waals surface area contributed by atoms with Crippen LogP contribution in [0.5, 0.6) is 0 Å². The Hall–Kier alpha value is -0.570. The van der Waals surface area contributed by atoms with Crippen LogP contribution < -0.4 is 0 Å². The Morgan fingerprint density at radius 3 is 2.71 bits per heavy atom. The Balaban J connectivity index is 3.39. The minimum absolute atomic E-state index is 0.681. The molecule has 0 saturated heterocycles. The van der Waals surface area contributed by atoms with Crippen molar-refractivity contribution in [2.24, 2.45) is 0 Å². The van der Waals surface area contributed by atoms with Crippen molar-refractivity contribution in [1.29, 1.82) is 0 Å². The van der Waals surface area contributed by atoms with E-state index in [0.29, 0.717) is 4.64 Å². The van der Waals surface area contributed by atoms with Crippen molar-refractivity contribution in [3.63, 3.8) is 0 Å². The number of nitrogens with one attached hydrogen (secondary N) is 1. The summed E-state index contributed by atoms with van der Waals surface area (Å²) in [5.74, 6) is 0. The molecular weight excluding hydrogens is 110 g/mol. The number of H-pyrrole nitrogens is 1. The zero-order chi connectivity index (χ0) is 5.28. The Morgan fingerprint density at radius 2 is 2.57 bits per heavy atom. The lowest BCUT2D eigenvalue weighted by Gasteiger charge is -1.64. The number of aryl methyl sites for hydroxylation is 1. The Morgan fingerprint density at radius 1 is 1.86 bits per heavy atom. The predicted molar refractivity (Wildman–Crippen MR) is 28.6 cm³/mol. The lowest BCUT2D eigenvalue weighted by Crippen LogP contribution is -1.59. The quantitative estimate of drug-likeness (QED) is 0.521. The fourth-order valence-corrected chi connectivity index (χ4v) is 0.402. The van der Waals surface area contributed by atoms with Gasteiger partial charge in [0.15, 0.2) is 0 Å². The summed E-state index contributed by atoms with van der Waals surface area (Å²) in [4.78, 5) is 0.